The van der Waals surface area contributed by atoms with Gasteiger partial charge >= 0.3 is 5.92 Å². The maximum absolute atomic E-state index is 12.7. The number of halogens is 2. The zero-order valence-electron chi connectivity index (χ0n) is 6.04. The molecule has 0 aliphatic carbocycles. The number of aliphatic hydroxyl groups is 1. The second-order valence-electron chi connectivity index (χ2n) is 2.19. The minimum atomic E-state index is -3.35. The summed E-state index contributed by atoms with van der Waals surface area (Å²) in [6.07, 6.45) is 0.925. The van der Waals surface area contributed by atoms with E-state index in [9.17, 15) is 8.78 Å². The summed E-state index contributed by atoms with van der Waals surface area (Å²) in [5.41, 5.74) is 4.57. The Balaban J connectivity index is 3.03. The van der Waals surface area contributed by atoms with Gasteiger partial charge in [0.2, 0.25) is 0 Å². The minimum Gasteiger partial charge on any atom is -0.390 e. The molecule has 66 valence electrons. The van der Waals surface area contributed by atoms with E-state index in [1.165, 1.54) is 0 Å². The van der Waals surface area contributed by atoms with Crippen molar-refractivity contribution in [1.29, 1.82) is 0 Å². The van der Waals surface area contributed by atoms with Crippen molar-refractivity contribution >= 4 is 5.82 Å². The van der Waals surface area contributed by atoms with E-state index < -0.39 is 18.2 Å². The predicted octanol–water partition coefficient (Wildman–Crippen LogP) is 0.143. The number of nitrogen functional groups attached to an aromatic ring is 1. The molecule has 0 saturated heterocycles. The molecule has 3 N–H and O–H groups in total. The molecular weight excluding hydrogens is 168 g/mol. The lowest BCUT2D eigenvalue weighted by Crippen LogP contribution is -2.20. The van der Waals surface area contributed by atoms with Crippen LogP contribution in [-0.4, -0.2) is 21.7 Å². The zero-order valence-corrected chi connectivity index (χ0v) is 6.04. The highest BCUT2D eigenvalue weighted by atomic mass is 19.3. The average Bonchev–Trinajstić information content (AvgIpc) is 2.05. The molecule has 1 rings (SSSR count). The Morgan fingerprint density at radius 1 is 1.50 bits per heavy atom. The minimum absolute atomic E-state index is 0.0480. The first-order valence-electron chi connectivity index (χ1n) is 3.13. The van der Waals surface area contributed by atoms with E-state index in [-0.39, 0.29) is 5.82 Å². The molecule has 4 nitrogen and oxygen atoms in total. The van der Waals surface area contributed by atoms with E-state index in [0.29, 0.717) is 0 Å². The van der Waals surface area contributed by atoms with Crippen molar-refractivity contribution in [3.8, 4) is 0 Å². The molecule has 0 aliphatic heterocycles. The third kappa shape index (κ3) is 1.65. The molecule has 12 heavy (non-hydrogen) atoms. The molecule has 6 heteroatoms. The van der Waals surface area contributed by atoms with Gasteiger partial charge in [-0.15, -0.1) is 0 Å². The molecule has 0 bridgehead atoms. The first kappa shape index (κ1) is 8.79. The summed E-state index contributed by atoms with van der Waals surface area (Å²) >= 11 is 0. The molecule has 0 aliphatic rings. The summed E-state index contributed by atoms with van der Waals surface area (Å²) < 4.78 is 25.3. The van der Waals surface area contributed by atoms with Gasteiger partial charge in [0.15, 0.2) is 0 Å². The Bertz CT molecular complexity index is 279. The van der Waals surface area contributed by atoms with Gasteiger partial charge in [0.1, 0.15) is 24.4 Å². The number of anilines is 1. The molecule has 0 fully saturated rings. The number of nitrogens with zero attached hydrogens (tertiary/aromatic N) is 2. The van der Waals surface area contributed by atoms with Crippen molar-refractivity contribution in [2.45, 2.75) is 5.92 Å². The molecule has 1 heterocycles. The van der Waals surface area contributed by atoms with Gasteiger partial charge in [-0.25, -0.2) is 9.97 Å². The summed E-state index contributed by atoms with van der Waals surface area (Å²) in [7, 11) is 0. The summed E-state index contributed by atoms with van der Waals surface area (Å²) in [6.45, 7) is -1.29. The Hall–Kier alpha value is -1.30. The van der Waals surface area contributed by atoms with Crippen LogP contribution in [0.2, 0.25) is 0 Å². The van der Waals surface area contributed by atoms with Gasteiger partial charge < -0.3 is 10.8 Å². The lowest BCUT2D eigenvalue weighted by atomic mass is 10.2. The van der Waals surface area contributed by atoms with Crippen LogP contribution in [0.1, 0.15) is 5.69 Å². The van der Waals surface area contributed by atoms with E-state index in [0.717, 1.165) is 12.4 Å². The Morgan fingerprint density at radius 2 is 2.17 bits per heavy atom. The first-order chi connectivity index (χ1) is 5.56. The topological polar surface area (TPSA) is 72.0 Å². The summed E-state index contributed by atoms with van der Waals surface area (Å²) in [5.74, 6) is -3.40. The number of hydrogen-bond acceptors (Lipinski definition) is 4. The van der Waals surface area contributed by atoms with Crippen LogP contribution in [0.15, 0.2) is 12.4 Å². The lowest BCUT2D eigenvalue weighted by Gasteiger charge is -2.11. The van der Waals surface area contributed by atoms with Crippen LogP contribution in [0.3, 0.4) is 0 Å². The second-order valence-corrected chi connectivity index (χ2v) is 2.19. The van der Waals surface area contributed by atoms with Crippen molar-refractivity contribution in [3.05, 3.63) is 18.1 Å². The number of aliphatic hydroxyl groups excluding tert-OH is 1. The molecular formula is C6H7F2N3O. The van der Waals surface area contributed by atoms with E-state index in [1.807, 2.05) is 0 Å². The van der Waals surface area contributed by atoms with E-state index in [4.69, 9.17) is 10.8 Å². The second kappa shape index (κ2) is 2.98. The van der Waals surface area contributed by atoms with Crippen molar-refractivity contribution in [2.24, 2.45) is 0 Å². The Morgan fingerprint density at radius 3 is 2.67 bits per heavy atom. The summed E-state index contributed by atoms with van der Waals surface area (Å²) in [4.78, 5) is 6.72. The molecule has 0 unspecified atom stereocenters. The number of rotatable bonds is 2. The van der Waals surface area contributed by atoms with E-state index in [2.05, 4.69) is 9.97 Å². The fraction of sp³-hybridized carbons (Fsp3) is 0.333. The molecule has 0 saturated carbocycles. The van der Waals surface area contributed by atoms with Gasteiger partial charge in [-0.05, 0) is 0 Å². The van der Waals surface area contributed by atoms with Crippen LogP contribution in [0.25, 0.3) is 0 Å². The summed E-state index contributed by atoms with van der Waals surface area (Å²) in [6, 6.07) is 0.927. The fourth-order valence-electron chi connectivity index (χ4n) is 0.653. The number of alkyl halides is 2. The van der Waals surface area contributed by atoms with Gasteiger partial charge in [-0.1, -0.05) is 0 Å². The highest BCUT2D eigenvalue weighted by molar-refractivity contribution is 5.29. The van der Waals surface area contributed by atoms with Gasteiger partial charge in [0, 0.05) is 6.07 Å². The van der Waals surface area contributed by atoms with Crippen molar-refractivity contribution in [1.82, 2.24) is 9.97 Å². The fourth-order valence-corrected chi connectivity index (χ4v) is 0.653. The number of hydrogen-bond donors (Lipinski definition) is 2. The van der Waals surface area contributed by atoms with Crippen LogP contribution in [0, 0.1) is 0 Å². The maximum Gasteiger partial charge on any atom is 0.312 e. The van der Waals surface area contributed by atoms with Crippen molar-refractivity contribution in [3.63, 3.8) is 0 Å². The lowest BCUT2D eigenvalue weighted by molar-refractivity contribution is -0.0592. The Labute approximate surface area is 67.1 Å². The average molecular weight is 175 g/mol. The van der Waals surface area contributed by atoms with Crippen LogP contribution >= 0.6 is 0 Å². The van der Waals surface area contributed by atoms with Crippen LogP contribution in [-0.2, 0) is 5.92 Å². The highest BCUT2D eigenvalue weighted by Crippen LogP contribution is 2.25. The summed E-state index contributed by atoms with van der Waals surface area (Å²) in [5, 5.41) is 8.29. The van der Waals surface area contributed by atoms with Crippen LogP contribution in [0.4, 0.5) is 14.6 Å². The highest BCUT2D eigenvalue weighted by Gasteiger charge is 2.32. The molecule has 1 aromatic rings. The quantitative estimate of drug-likeness (QED) is 0.670. The molecule has 0 radical (unpaired) electrons. The normalized spacial score (nSPS) is 11.6. The van der Waals surface area contributed by atoms with Gasteiger partial charge in [-0.3, -0.25) is 0 Å². The number of nitrogens with two attached hydrogens (primary N) is 1. The van der Waals surface area contributed by atoms with Crippen molar-refractivity contribution < 1.29 is 13.9 Å². The first-order valence-corrected chi connectivity index (χ1v) is 3.13. The SMILES string of the molecule is Nc1cc(C(F)(F)CO)ncn1. The largest absolute Gasteiger partial charge is 0.390 e. The van der Waals surface area contributed by atoms with Gasteiger partial charge in [0.25, 0.3) is 0 Å². The van der Waals surface area contributed by atoms with Crippen LogP contribution in [0.5, 0.6) is 0 Å². The third-order valence-electron chi connectivity index (χ3n) is 1.26. The van der Waals surface area contributed by atoms with E-state index in [1.54, 1.807) is 0 Å². The molecule has 0 amide bonds. The smallest absolute Gasteiger partial charge is 0.312 e. The molecule has 0 atom stereocenters. The van der Waals surface area contributed by atoms with Gasteiger partial charge in [-0.2, -0.15) is 8.78 Å². The molecule has 1 aromatic heterocycles. The van der Waals surface area contributed by atoms with Crippen LogP contribution < -0.4 is 5.73 Å². The monoisotopic (exact) mass is 175 g/mol. The molecule has 0 aromatic carbocycles. The van der Waals surface area contributed by atoms with E-state index >= 15 is 0 Å². The van der Waals surface area contributed by atoms with Gasteiger partial charge in [0.05, 0.1) is 0 Å². The zero-order chi connectivity index (χ0) is 9.19. The Kier molecular flexibility index (Phi) is 2.18. The third-order valence-corrected chi connectivity index (χ3v) is 1.26. The number of aromatic nitrogens is 2. The predicted molar refractivity (Wildman–Crippen MR) is 37.4 cm³/mol. The van der Waals surface area contributed by atoms with Crippen molar-refractivity contribution in [2.75, 3.05) is 12.3 Å². The maximum atomic E-state index is 12.7. The molecule has 0 spiro atoms. The standard InChI is InChI=1S/C6H7F2N3O/c7-6(8,2-12)4-1-5(9)11-3-10-4/h1,3,12H,2H2,(H2,9,10,11).